The molecule has 26 heavy (non-hydrogen) atoms. The molecule has 2 rings (SSSR count). The van der Waals surface area contributed by atoms with Gasteiger partial charge in [0.05, 0.1) is 11.8 Å². The monoisotopic (exact) mass is 363 g/mol. The molecule has 1 aromatic carbocycles. The average Bonchev–Trinajstić information content (AvgIpc) is 3.07. The molecule has 0 aliphatic heterocycles. The van der Waals surface area contributed by atoms with E-state index in [-0.39, 0.29) is 29.0 Å². The van der Waals surface area contributed by atoms with E-state index in [1.165, 1.54) is 19.1 Å². The Kier molecular flexibility index (Phi) is 6.21. The number of carbonyl (C=O) groups excluding carboxylic acids is 1. The number of aryl methyl sites for hydroxylation is 1. The summed E-state index contributed by atoms with van der Waals surface area (Å²) in [4.78, 5) is 14.6. The van der Waals surface area contributed by atoms with Gasteiger partial charge in [0.1, 0.15) is 0 Å². The topological polar surface area (TPSA) is 40.5 Å². The van der Waals surface area contributed by atoms with Crippen LogP contribution in [0, 0.1) is 24.0 Å². The lowest BCUT2D eigenvalue weighted by Gasteiger charge is -2.30. The maximum atomic E-state index is 14.2. The predicted octanol–water partition coefficient (Wildman–Crippen LogP) is 5.20. The summed E-state index contributed by atoms with van der Waals surface area (Å²) in [5, 5.41) is 9.68. The number of aliphatic hydroxyl groups excluding tert-OH is 1. The molecular weight excluding hydrogens is 336 g/mol. The van der Waals surface area contributed by atoms with Crippen LogP contribution >= 0.6 is 0 Å². The average molecular weight is 363 g/mol. The lowest BCUT2D eigenvalue weighted by Crippen LogP contribution is -2.32. The first-order valence-electron chi connectivity index (χ1n) is 9.02. The Morgan fingerprint density at radius 1 is 1.31 bits per heavy atom. The molecule has 3 nitrogen and oxygen atoms in total. The summed E-state index contributed by atoms with van der Waals surface area (Å²) in [6, 6.07) is 3.06. The summed E-state index contributed by atoms with van der Waals surface area (Å²) >= 11 is 0. The van der Waals surface area contributed by atoms with Gasteiger partial charge in [-0.25, -0.2) is 8.78 Å². The minimum absolute atomic E-state index is 0.0691. The Hall–Kier alpha value is -2.17. The number of hydrogen-bond acceptors (Lipinski definition) is 3. The number of nitrogens with zero attached hydrogens (tertiary/aromatic N) is 1. The fourth-order valence-electron chi connectivity index (χ4n) is 3.55. The molecule has 0 bridgehead atoms. The van der Waals surface area contributed by atoms with Crippen molar-refractivity contribution in [2.24, 2.45) is 5.41 Å². The van der Waals surface area contributed by atoms with Crippen LogP contribution in [0.5, 0.6) is 0 Å². The van der Waals surface area contributed by atoms with Crippen LogP contribution < -0.4 is 0 Å². The van der Waals surface area contributed by atoms with Gasteiger partial charge in [-0.05, 0) is 32.3 Å². The number of hydrogen-bond donors (Lipinski definition) is 1. The summed E-state index contributed by atoms with van der Waals surface area (Å²) in [5.74, 6) is -1.90. The number of benzene rings is 1. The zero-order valence-electron chi connectivity index (χ0n) is 15.7. The molecule has 0 atom stereocenters. The molecule has 0 heterocycles. The lowest BCUT2D eigenvalue weighted by molar-refractivity contribution is -0.123. The van der Waals surface area contributed by atoms with E-state index < -0.39 is 17.0 Å². The fraction of sp³-hybridized carbons (Fsp3) is 0.476. The van der Waals surface area contributed by atoms with Crippen LogP contribution in [0.15, 0.2) is 36.2 Å². The molecule has 1 N–H and O–H groups in total. The number of likely N-dealkylation sites (N-methyl/N-ethyl adjacent to an activating group) is 1. The molecule has 0 radical (unpaired) electrons. The number of Topliss-reactive ketones (excluding diaryl/α,β-unsaturated/α-hetero) is 1. The summed E-state index contributed by atoms with van der Waals surface area (Å²) in [5.41, 5.74) is 0.400. The van der Waals surface area contributed by atoms with Crippen LogP contribution in [0.4, 0.5) is 8.78 Å². The molecular formula is C21H27F2NO2. The Morgan fingerprint density at radius 3 is 2.46 bits per heavy atom. The maximum Gasteiger partial charge on any atom is 0.173 e. The minimum atomic E-state index is -0.889. The van der Waals surface area contributed by atoms with Crippen LogP contribution in [0.2, 0.25) is 0 Å². The van der Waals surface area contributed by atoms with E-state index in [1.54, 1.807) is 4.90 Å². The Morgan fingerprint density at radius 2 is 1.92 bits per heavy atom. The molecule has 1 aliphatic rings. The normalized spacial score (nSPS) is 16.6. The van der Waals surface area contributed by atoms with E-state index in [2.05, 4.69) is 6.58 Å². The first-order chi connectivity index (χ1) is 12.2. The lowest BCUT2D eigenvalue weighted by atomic mass is 9.80. The molecule has 1 saturated carbocycles. The maximum absolute atomic E-state index is 14.2. The predicted molar refractivity (Wildman–Crippen MR) is 98.6 cm³/mol. The summed E-state index contributed by atoms with van der Waals surface area (Å²) in [6.07, 6.45) is 4.32. The quantitative estimate of drug-likeness (QED) is 0.411. The smallest absolute Gasteiger partial charge is 0.173 e. The highest BCUT2D eigenvalue weighted by molar-refractivity contribution is 6.03. The number of rotatable bonds is 7. The SMILES string of the molecule is C=C(C(=CO)C(=O)C1(C)CCCC1)N(CC)Cc1ccc(C)c(F)c1F. The Labute approximate surface area is 154 Å². The first kappa shape index (κ1) is 20.1. The third kappa shape index (κ3) is 3.81. The molecule has 0 unspecified atom stereocenters. The van der Waals surface area contributed by atoms with Gasteiger partial charge in [0.15, 0.2) is 17.4 Å². The third-order valence-corrected chi connectivity index (χ3v) is 5.42. The van der Waals surface area contributed by atoms with E-state index in [9.17, 15) is 18.7 Å². The van der Waals surface area contributed by atoms with Gasteiger partial charge >= 0.3 is 0 Å². The fourth-order valence-corrected chi connectivity index (χ4v) is 3.55. The van der Waals surface area contributed by atoms with Gasteiger partial charge in [-0.1, -0.05) is 38.5 Å². The van der Waals surface area contributed by atoms with E-state index in [0.29, 0.717) is 12.2 Å². The van der Waals surface area contributed by atoms with Crippen LogP contribution in [0.1, 0.15) is 50.7 Å². The van der Waals surface area contributed by atoms with E-state index >= 15 is 0 Å². The summed E-state index contributed by atoms with van der Waals surface area (Å²) in [6.45, 7) is 9.71. The van der Waals surface area contributed by atoms with Crippen LogP contribution in [0.3, 0.4) is 0 Å². The van der Waals surface area contributed by atoms with Crippen molar-refractivity contribution in [1.82, 2.24) is 4.90 Å². The highest BCUT2D eigenvalue weighted by Gasteiger charge is 2.39. The zero-order chi connectivity index (χ0) is 19.5. The van der Waals surface area contributed by atoms with Gasteiger partial charge in [-0.15, -0.1) is 0 Å². The summed E-state index contributed by atoms with van der Waals surface area (Å²) < 4.78 is 28.0. The van der Waals surface area contributed by atoms with Crippen LogP contribution in [0.25, 0.3) is 0 Å². The highest BCUT2D eigenvalue weighted by Crippen LogP contribution is 2.41. The van der Waals surface area contributed by atoms with Gasteiger partial charge in [-0.2, -0.15) is 0 Å². The van der Waals surface area contributed by atoms with E-state index in [0.717, 1.165) is 31.9 Å². The van der Waals surface area contributed by atoms with Crippen molar-refractivity contribution in [3.05, 3.63) is 59.0 Å². The number of aliphatic hydroxyl groups is 1. The molecule has 0 aromatic heterocycles. The van der Waals surface area contributed by atoms with Crippen molar-refractivity contribution >= 4 is 5.78 Å². The zero-order valence-corrected chi connectivity index (χ0v) is 15.7. The molecule has 1 fully saturated rings. The molecule has 5 heteroatoms. The molecule has 142 valence electrons. The Bertz CT molecular complexity index is 734. The van der Waals surface area contributed by atoms with E-state index in [1.807, 2.05) is 13.8 Å². The number of allylic oxidation sites excluding steroid dienone is 1. The van der Waals surface area contributed by atoms with E-state index in [4.69, 9.17) is 0 Å². The molecule has 0 spiro atoms. The minimum Gasteiger partial charge on any atom is -0.515 e. The number of ketones is 1. The molecule has 1 aliphatic carbocycles. The number of carbonyl (C=O) groups is 1. The second-order valence-corrected chi connectivity index (χ2v) is 7.27. The molecule has 0 saturated heterocycles. The van der Waals surface area contributed by atoms with Crippen LogP contribution in [-0.4, -0.2) is 22.3 Å². The van der Waals surface area contributed by atoms with Gasteiger partial charge in [-0.3, -0.25) is 4.79 Å². The third-order valence-electron chi connectivity index (χ3n) is 5.42. The van der Waals surface area contributed by atoms with Crippen molar-refractivity contribution < 1.29 is 18.7 Å². The van der Waals surface area contributed by atoms with Crippen molar-refractivity contribution in [2.75, 3.05) is 6.54 Å². The second kappa shape index (κ2) is 8.02. The van der Waals surface area contributed by atoms with Crippen LogP contribution in [-0.2, 0) is 11.3 Å². The highest BCUT2D eigenvalue weighted by atomic mass is 19.2. The molecule has 1 aromatic rings. The van der Waals surface area contributed by atoms with Crippen molar-refractivity contribution in [3.8, 4) is 0 Å². The van der Waals surface area contributed by atoms with Gasteiger partial charge in [0.2, 0.25) is 0 Å². The molecule has 0 amide bonds. The summed E-state index contributed by atoms with van der Waals surface area (Å²) in [7, 11) is 0. The van der Waals surface area contributed by atoms with Gasteiger partial charge in [0, 0.05) is 29.8 Å². The standard InChI is InChI=1S/C21H27F2NO2/c1-5-24(12-16-9-8-14(2)18(22)19(16)23)15(3)17(13-25)20(26)21(4)10-6-7-11-21/h8-9,13,25H,3,5-7,10-12H2,1-2,4H3. The number of halogens is 2. The largest absolute Gasteiger partial charge is 0.515 e. The van der Waals surface area contributed by atoms with Crippen molar-refractivity contribution in [3.63, 3.8) is 0 Å². The van der Waals surface area contributed by atoms with Gasteiger partial charge < -0.3 is 10.0 Å². The second-order valence-electron chi connectivity index (χ2n) is 7.27. The van der Waals surface area contributed by atoms with Crippen molar-refractivity contribution in [2.45, 2.75) is 53.0 Å². The first-order valence-corrected chi connectivity index (χ1v) is 9.02. The Balaban J connectivity index is 2.24. The van der Waals surface area contributed by atoms with Crippen molar-refractivity contribution in [1.29, 1.82) is 0 Å². The van der Waals surface area contributed by atoms with Gasteiger partial charge in [0.25, 0.3) is 0 Å².